The summed E-state index contributed by atoms with van der Waals surface area (Å²) >= 11 is 0. The van der Waals surface area contributed by atoms with Crippen molar-refractivity contribution in [2.24, 2.45) is 0 Å². The third kappa shape index (κ3) is 4.59. The number of amides is 1. The van der Waals surface area contributed by atoms with E-state index in [1.54, 1.807) is 18.3 Å². The van der Waals surface area contributed by atoms with Crippen LogP contribution in [0.2, 0.25) is 0 Å². The van der Waals surface area contributed by atoms with E-state index in [0.29, 0.717) is 24.2 Å². The zero-order chi connectivity index (χ0) is 16.7. The summed E-state index contributed by atoms with van der Waals surface area (Å²) in [6.07, 6.45) is 7.56. The van der Waals surface area contributed by atoms with Crippen LogP contribution in [0.4, 0.5) is 0 Å². The van der Waals surface area contributed by atoms with Crippen molar-refractivity contribution in [2.45, 2.75) is 45.1 Å². The first kappa shape index (κ1) is 17.1. The van der Waals surface area contributed by atoms with Gasteiger partial charge in [-0.25, -0.2) is 14.6 Å². The summed E-state index contributed by atoms with van der Waals surface area (Å²) in [7, 11) is 0. The van der Waals surface area contributed by atoms with Crippen LogP contribution >= 0.6 is 0 Å². The van der Waals surface area contributed by atoms with Gasteiger partial charge in [-0.1, -0.05) is 26.7 Å². The van der Waals surface area contributed by atoms with E-state index in [0.717, 1.165) is 12.8 Å². The third-order valence-corrected chi connectivity index (χ3v) is 3.67. The molecule has 1 amide bonds. The standard InChI is InChI=1S/C16H23N5O2/c1-3-6-16(23,7-4-2)10-19-15(22)13-5-8-18-14(9-13)21-12-17-11-20-21/h5,8-9,11-12,23H,3-4,6-7,10H2,1-2H3,(H,19,22). The predicted molar refractivity (Wildman–Crippen MR) is 86.3 cm³/mol. The topological polar surface area (TPSA) is 92.9 Å². The summed E-state index contributed by atoms with van der Waals surface area (Å²) in [5, 5.41) is 17.4. The van der Waals surface area contributed by atoms with Crippen LogP contribution in [-0.2, 0) is 0 Å². The van der Waals surface area contributed by atoms with Crippen LogP contribution < -0.4 is 5.32 Å². The van der Waals surface area contributed by atoms with Crippen LogP contribution in [0.25, 0.3) is 5.82 Å². The van der Waals surface area contributed by atoms with E-state index in [1.165, 1.54) is 17.3 Å². The number of carbonyl (C=O) groups excluding carboxylic acids is 1. The Morgan fingerprint density at radius 1 is 1.35 bits per heavy atom. The van der Waals surface area contributed by atoms with Gasteiger partial charge in [-0.05, 0) is 25.0 Å². The molecule has 0 aliphatic heterocycles. The molecule has 0 unspecified atom stereocenters. The van der Waals surface area contributed by atoms with Crippen LogP contribution in [0.1, 0.15) is 49.9 Å². The molecule has 0 bridgehead atoms. The van der Waals surface area contributed by atoms with Crippen molar-refractivity contribution in [3.05, 3.63) is 36.5 Å². The lowest BCUT2D eigenvalue weighted by Gasteiger charge is -2.27. The lowest BCUT2D eigenvalue weighted by Crippen LogP contribution is -2.42. The molecule has 0 aliphatic carbocycles. The first-order valence-electron chi connectivity index (χ1n) is 7.89. The summed E-state index contributed by atoms with van der Waals surface area (Å²) in [5.41, 5.74) is -0.373. The number of nitrogens with one attached hydrogen (secondary N) is 1. The average molecular weight is 317 g/mol. The van der Waals surface area contributed by atoms with E-state index in [2.05, 4.69) is 20.4 Å². The van der Waals surface area contributed by atoms with E-state index in [4.69, 9.17) is 0 Å². The maximum Gasteiger partial charge on any atom is 0.251 e. The molecule has 0 aliphatic rings. The predicted octanol–water partition coefficient (Wildman–Crippen LogP) is 1.72. The molecule has 0 aromatic carbocycles. The fourth-order valence-corrected chi connectivity index (χ4v) is 2.59. The van der Waals surface area contributed by atoms with Crippen LogP contribution in [0, 0.1) is 0 Å². The van der Waals surface area contributed by atoms with E-state index in [-0.39, 0.29) is 12.5 Å². The second kappa shape index (κ2) is 7.82. The molecule has 124 valence electrons. The first-order chi connectivity index (χ1) is 11.1. The van der Waals surface area contributed by atoms with Gasteiger partial charge in [0, 0.05) is 18.3 Å². The number of hydrogen-bond donors (Lipinski definition) is 2. The Balaban J connectivity index is 2.04. The van der Waals surface area contributed by atoms with Gasteiger partial charge in [0.2, 0.25) is 0 Å². The molecule has 2 rings (SSSR count). The van der Waals surface area contributed by atoms with Crippen molar-refractivity contribution in [2.75, 3.05) is 6.54 Å². The molecule has 0 spiro atoms. The van der Waals surface area contributed by atoms with Crippen LogP contribution in [-0.4, -0.2) is 42.9 Å². The minimum absolute atomic E-state index is 0.237. The highest BCUT2D eigenvalue weighted by atomic mass is 16.3. The summed E-state index contributed by atoms with van der Waals surface area (Å²) in [4.78, 5) is 20.4. The largest absolute Gasteiger partial charge is 0.388 e. The van der Waals surface area contributed by atoms with Crippen molar-refractivity contribution in [3.8, 4) is 5.82 Å². The quantitative estimate of drug-likeness (QED) is 0.773. The molecule has 0 fully saturated rings. The monoisotopic (exact) mass is 317 g/mol. The Hall–Kier alpha value is -2.28. The molecular formula is C16H23N5O2. The lowest BCUT2D eigenvalue weighted by molar-refractivity contribution is 0.0213. The van der Waals surface area contributed by atoms with Crippen LogP contribution in [0.3, 0.4) is 0 Å². The molecule has 2 aromatic rings. The van der Waals surface area contributed by atoms with Gasteiger partial charge in [0.15, 0.2) is 5.82 Å². The van der Waals surface area contributed by atoms with Crippen molar-refractivity contribution >= 4 is 5.91 Å². The number of pyridine rings is 1. The highest BCUT2D eigenvalue weighted by Crippen LogP contribution is 2.18. The second-order valence-electron chi connectivity index (χ2n) is 5.65. The van der Waals surface area contributed by atoms with E-state index in [9.17, 15) is 9.90 Å². The van der Waals surface area contributed by atoms with Gasteiger partial charge < -0.3 is 10.4 Å². The lowest BCUT2D eigenvalue weighted by atomic mass is 9.92. The van der Waals surface area contributed by atoms with Gasteiger partial charge in [0.05, 0.1) is 5.60 Å². The molecule has 0 radical (unpaired) electrons. The van der Waals surface area contributed by atoms with Crippen molar-refractivity contribution < 1.29 is 9.90 Å². The van der Waals surface area contributed by atoms with Crippen LogP contribution in [0.15, 0.2) is 31.0 Å². The fraction of sp³-hybridized carbons (Fsp3) is 0.500. The first-order valence-corrected chi connectivity index (χ1v) is 7.89. The van der Waals surface area contributed by atoms with E-state index < -0.39 is 5.60 Å². The molecular weight excluding hydrogens is 294 g/mol. The molecule has 0 atom stereocenters. The normalized spacial score (nSPS) is 11.4. The molecule has 2 N–H and O–H groups in total. The number of aromatic nitrogens is 4. The molecule has 2 heterocycles. The Morgan fingerprint density at radius 2 is 2.09 bits per heavy atom. The summed E-state index contributed by atoms with van der Waals surface area (Å²) < 4.78 is 1.49. The van der Waals surface area contributed by atoms with Crippen molar-refractivity contribution in [1.29, 1.82) is 0 Å². The highest BCUT2D eigenvalue weighted by Gasteiger charge is 2.25. The van der Waals surface area contributed by atoms with Crippen molar-refractivity contribution in [3.63, 3.8) is 0 Å². The van der Waals surface area contributed by atoms with Gasteiger partial charge >= 0.3 is 0 Å². The highest BCUT2D eigenvalue weighted by molar-refractivity contribution is 5.94. The molecule has 7 nitrogen and oxygen atoms in total. The summed E-state index contributed by atoms with van der Waals surface area (Å²) in [6, 6.07) is 3.27. The minimum Gasteiger partial charge on any atom is -0.388 e. The molecule has 0 saturated carbocycles. The number of hydrogen-bond acceptors (Lipinski definition) is 5. The molecule has 2 aromatic heterocycles. The van der Waals surface area contributed by atoms with Gasteiger partial charge in [0.1, 0.15) is 12.7 Å². The van der Waals surface area contributed by atoms with Gasteiger partial charge in [-0.15, -0.1) is 0 Å². The van der Waals surface area contributed by atoms with Crippen LogP contribution in [0.5, 0.6) is 0 Å². The molecule has 23 heavy (non-hydrogen) atoms. The Morgan fingerprint density at radius 3 is 2.70 bits per heavy atom. The number of carbonyl (C=O) groups is 1. The summed E-state index contributed by atoms with van der Waals surface area (Å²) in [5.74, 6) is 0.284. The Bertz CT molecular complexity index is 621. The molecule has 7 heteroatoms. The fourth-order valence-electron chi connectivity index (χ4n) is 2.59. The van der Waals surface area contributed by atoms with Gasteiger partial charge in [-0.3, -0.25) is 4.79 Å². The number of aliphatic hydroxyl groups is 1. The Labute approximate surface area is 135 Å². The van der Waals surface area contributed by atoms with Gasteiger partial charge in [-0.2, -0.15) is 5.10 Å². The number of rotatable bonds is 8. The smallest absolute Gasteiger partial charge is 0.251 e. The van der Waals surface area contributed by atoms with E-state index >= 15 is 0 Å². The average Bonchev–Trinajstić information content (AvgIpc) is 3.08. The van der Waals surface area contributed by atoms with Crippen molar-refractivity contribution in [1.82, 2.24) is 25.1 Å². The Kier molecular flexibility index (Phi) is 5.81. The zero-order valence-electron chi connectivity index (χ0n) is 13.6. The zero-order valence-corrected chi connectivity index (χ0v) is 13.6. The van der Waals surface area contributed by atoms with Gasteiger partial charge in [0.25, 0.3) is 5.91 Å². The van der Waals surface area contributed by atoms with E-state index in [1.807, 2.05) is 13.8 Å². The third-order valence-electron chi connectivity index (χ3n) is 3.67. The second-order valence-corrected chi connectivity index (χ2v) is 5.65. The number of nitrogens with zero attached hydrogens (tertiary/aromatic N) is 4. The maximum absolute atomic E-state index is 12.3. The summed E-state index contributed by atoms with van der Waals surface area (Å²) in [6.45, 7) is 4.29. The SMILES string of the molecule is CCCC(O)(CCC)CNC(=O)c1ccnc(-n2cncn2)c1. The minimum atomic E-state index is -0.846. The molecule has 0 saturated heterocycles. The maximum atomic E-state index is 12.3.